The van der Waals surface area contributed by atoms with Gasteiger partial charge in [0.25, 0.3) is 0 Å². The minimum Gasteiger partial charge on any atom is -0.0530 e. The van der Waals surface area contributed by atoms with Crippen molar-refractivity contribution in [1.29, 1.82) is 0 Å². The lowest BCUT2D eigenvalue weighted by Gasteiger charge is -2.10. The molecule has 1 radical (unpaired) electrons. The SMILES string of the molecule is [CH](CCCCC1CCCC1)C1CCCC1. The zero-order chi connectivity index (χ0) is 10.3. The quantitative estimate of drug-likeness (QED) is 0.530. The maximum Gasteiger partial charge on any atom is -0.0355 e. The Morgan fingerprint density at radius 1 is 0.800 bits per heavy atom. The van der Waals surface area contributed by atoms with Crippen LogP contribution in [0.1, 0.15) is 77.0 Å². The van der Waals surface area contributed by atoms with Crippen LogP contribution in [0.3, 0.4) is 0 Å². The summed E-state index contributed by atoms with van der Waals surface area (Å²) in [5.41, 5.74) is 0. The number of unbranched alkanes of at least 4 members (excludes halogenated alkanes) is 2. The van der Waals surface area contributed by atoms with Crippen LogP contribution in [0.4, 0.5) is 0 Å². The summed E-state index contributed by atoms with van der Waals surface area (Å²) >= 11 is 0. The largest absolute Gasteiger partial charge is 0.0530 e. The molecule has 2 aliphatic carbocycles. The minimum atomic E-state index is 0.997. The lowest BCUT2D eigenvalue weighted by atomic mass is 9.96. The van der Waals surface area contributed by atoms with Crippen molar-refractivity contribution in [2.24, 2.45) is 11.8 Å². The first-order valence-corrected chi connectivity index (χ1v) is 7.28. The van der Waals surface area contributed by atoms with E-state index in [-0.39, 0.29) is 0 Å². The third-order valence-corrected chi connectivity index (χ3v) is 4.44. The van der Waals surface area contributed by atoms with Gasteiger partial charge in [0.05, 0.1) is 0 Å². The maximum absolute atomic E-state index is 2.63. The van der Waals surface area contributed by atoms with Crippen LogP contribution in [-0.4, -0.2) is 0 Å². The topological polar surface area (TPSA) is 0 Å². The van der Waals surface area contributed by atoms with Gasteiger partial charge in [0.1, 0.15) is 0 Å². The average Bonchev–Trinajstić information content (AvgIpc) is 2.88. The van der Waals surface area contributed by atoms with Crippen molar-refractivity contribution in [1.82, 2.24) is 0 Å². The van der Waals surface area contributed by atoms with Gasteiger partial charge in [0.15, 0.2) is 0 Å². The van der Waals surface area contributed by atoms with Crippen molar-refractivity contribution < 1.29 is 0 Å². The molecule has 2 rings (SSSR count). The summed E-state index contributed by atoms with van der Waals surface area (Å²) < 4.78 is 0. The lowest BCUT2D eigenvalue weighted by Crippen LogP contribution is -1.96. The van der Waals surface area contributed by atoms with Gasteiger partial charge in [-0.05, 0) is 24.7 Å². The van der Waals surface area contributed by atoms with Crippen LogP contribution >= 0.6 is 0 Å². The predicted octanol–water partition coefficient (Wildman–Crippen LogP) is 5.13. The van der Waals surface area contributed by atoms with E-state index >= 15 is 0 Å². The van der Waals surface area contributed by atoms with E-state index in [0.717, 1.165) is 11.8 Å². The molecule has 0 unspecified atom stereocenters. The Balaban J connectivity index is 1.41. The van der Waals surface area contributed by atoms with Crippen molar-refractivity contribution in [2.45, 2.75) is 77.0 Å². The van der Waals surface area contributed by atoms with Crippen molar-refractivity contribution in [2.75, 3.05) is 0 Å². The summed E-state index contributed by atoms with van der Waals surface area (Å²) in [6.07, 6.45) is 20.6. The van der Waals surface area contributed by atoms with Gasteiger partial charge < -0.3 is 0 Å². The van der Waals surface area contributed by atoms with Crippen molar-refractivity contribution in [3.05, 3.63) is 6.42 Å². The summed E-state index contributed by atoms with van der Waals surface area (Å²) in [6, 6.07) is 0. The molecule has 0 nitrogen and oxygen atoms in total. The number of hydrogen-bond donors (Lipinski definition) is 0. The monoisotopic (exact) mass is 207 g/mol. The van der Waals surface area contributed by atoms with E-state index in [9.17, 15) is 0 Å². The molecule has 0 N–H and O–H groups in total. The molecule has 0 heterocycles. The molecular formula is C15H27. The highest BCUT2D eigenvalue weighted by Crippen LogP contribution is 2.31. The van der Waals surface area contributed by atoms with Gasteiger partial charge in [0.2, 0.25) is 0 Å². The first-order chi connectivity index (χ1) is 7.45. The molecule has 0 amide bonds. The van der Waals surface area contributed by atoms with Gasteiger partial charge in [-0.25, -0.2) is 0 Å². The molecule has 0 bridgehead atoms. The fraction of sp³-hybridized carbons (Fsp3) is 0.933. The van der Waals surface area contributed by atoms with Crippen LogP contribution in [-0.2, 0) is 0 Å². The molecule has 0 aromatic rings. The van der Waals surface area contributed by atoms with Gasteiger partial charge in [-0.3, -0.25) is 0 Å². The molecule has 2 saturated carbocycles. The molecule has 0 saturated heterocycles. The summed E-state index contributed by atoms with van der Waals surface area (Å²) in [4.78, 5) is 0. The number of hydrogen-bond acceptors (Lipinski definition) is 0. The van der Waals surface area contributed by atoms with Gasteiger partial charge in [-0.15, -0.1) is 0 Å². The zero-order valence-electron chi connectivity index (χ0n) is 10.2. The second-order valence-corrected chi connectivity index (χ2v) is 5.72. The van der Waals surface area contributed by atoms with E-state index in [0.29, 0.717) is 0 Å². The summed E-state index contributed by atoms with van der Waals surface area (Å²) in [5.74, 6) is 2.10. The average molecular weight is 207 g/mol. The fourth-order valence-electron chi connectivity index (χ4n) is 3.42. The Hall–Kier alpha value is 0. The van der Waals surface area contributed by atoms with Crippen LogP contribution in [0.2, 0.25) is 0 Å². The maximum atomic E-state index is 2.63. The normalized spacial score (nSPS) is 24.0. The van der Waals surface area contributed by atoms with Crippen LogP contribution < -0.4 is 0 Å². The molecule has 87 valence electrons. The Bertz CT molecular complexity index is 131. The van der Waals surface area contributed by atoms with Crippen molar-refractivity contribution >= 4 is 0 Å². The van der Waals surface area contributed by atoms with E-state index in [1.54, 1.807) is 0 Å². The summed E-state index contributed by atoms with van der Waals surface area (Å²) in [5, 5.41) is 0. The van der Waals surface area contributed by atoms with Gasteiger partial charge in [-0.1, -0.05) is 70.6 Å². The highest BCUT2D eigenvalue weighted by Gasteiger charge is 2.15. The number of rotatable bonds is 6. The van der Waals surface area contributed by atoms with Gasteiger partial charge >= 0.3 is 0 Å². The molecule has 2 fully saturated rings. The summed E-state index contributed by atoms with van der Waals surface area (Å²) in [6.45, 7) is 0. The highest BCUT2D eigenvalue weighted by atomic mass is 14.2. The van der Waals surface area contributed by atoms with Crippen LogP contribution in [0.5, 0.6) is 0 Å². The standard InChI is InChI=1S/C15H27/c1(2-8-14-10-4-5-11-14)3-9-15-12-6-7-13-15/h8,14-15H,1-7,9-13H2. The fourth-order valence-corrected chi connectivity index (χ4v) is 3.42. The minimum absolute atomic E-state index is 0.997. The lowest BCUT2D eigenvalue weighted by molar-refractivity contribution is 0.466. The molecular weight excluding hydrogens is 180 g/mol. The molecule has 0 aromatic heterocycles. The molecule has 0 atom stereocenters. The Morgan fingerprint density at radius 2 is 1.47 bits per heavy atom. The first kappa shape index (κ1) is 11.5. The molecule has 0 aromatic carbocycles. The van der Waals surface area contributed by atoms with E-state index in [4.69, 9.17) is 0 Å². The summed E-state index contributed by atoms with van der Waals surface area (Å²) in [7, 11) is 0. The van der Waals surface area contributed by atoms with E-state index in [2.05, 4.69) is 6.42 Å². The first-order valence-electron chi connectivity index (χ1n) is 7.28. The highest BCUT2D eigenvalue weighted by molar-refractivity contribution is 4.80. The second-order valence-electron chi connectivity index (χ2n) is 5.72. The van der Waals surface area contributed by atoms with Crippen LogP contribution in [0.25, 0.3) is 0 Å². The second kappa shape index (κ2) is 6.55. The Morgan fingerprint density at radius 3 is 2.20 bits per heavy atom. The molecule has 15 heavy (non-hydrogen) atoms. The molecule has 0 aliphatic heterocycles. The predicted molar refractivity (Wildman–Crippen MR) is 66.7 cm³/mol. The van der Waals surface area contributed by atoms with E-state index < -0.39 is 0 Å². The van der Waals surface area contributed by atoms with Gasteiger partial charge in [-0.2, -0.15) is 0 Å². The third-order valence-electron chi connectivity index (χ3n) is 4.44. The zero-order valence-corrected chi connectivity index (χ0v) is 10.2. The molecule has 0 spiro atoms. The smallest absolute Gasteiger partial charge is 0.0355 e. The Labute approximate surface area is 95.8 Å². The van der Waals surface area contributed by atoms with Crippen LogP contribution in [0.15, 0.2) is 0 Å². The van der Waals surface area contributed by atoms with Crippen LogP contribution in [0, 0.1) is 18.3 Å². The third kappa shape index (κ3) is 4.17. The van der Waals surface area contributed by atoms with E-state index in [1.165, 1.54) is 77.0 Å². The molecule has 0 heteroatoms. The van der Waals surface area contributed by atoms with E-state index in [1.807, 2.05) is 0 Å². The van der Waals surface area contributed by atoms with Gasteiger partial charge in [0, 0.05) is 0 Å². The Kier molecular flexibility index (Phi) is 5.02. The van der Waals surface area contributed by atoms with Crippen molar-refractivity contribution in [3.8, 4) is 0 Å². The van der Waals surface area contributed by atoms with Crippen molar-refractivity contribution in [3.63, 3.8) is 0 Å². The molecule has 2 aliphatic rings.